The van der Waals surface area contributed by atoms with Crippen molar-refractivity contribution in [3.05, 3.63) is 65.2 Å². The molecule has 0 fully saturated rings. The fraction of sp³-hybridized carbons (Fsp3) is 0.333. The maximum atomic E-state index is 3.50. The summed E-state index contributed by atoms with van der Waals surface area (Å²) in [4.78, 5) is 0. The second kappa shape index (κ2) is 5.48. The van der Waals surface area contributed by atoms with Crippen LogP contribution in [0.3, 0.4) is 0 Å². The lowest BCUT2D eigenvalue weighted by atomic mass is 9.86. The van der Waals surface area contributed by atoms with Gasteiger partial charge < -0.3 is 5.32 Å². The standard InChI is InChI=1S/C18H21N/c1-14-6-2-3-7-15(14)10-11-16-12-13-19-18-9-5-4-8-17(16)18/h2-9,16,19H,10-13H2,1H3. The first-order valence-electron chi connectivity index (χ1n) is 7.22. The van der Waals surface area contributed by atoms with Gasteiger partial charge in [0.15, 0.2) is 0 Å². The van der Waals surface area contributed by atoms with Crippen LogP contribution in [0.15, 0.2) is 48.5 Å². The van der Waals surface area contributed by atoms with Crippen LogP contribution in [-0.2, 0) is 6.42 Å². The average molecular weight is 251 g/mol. The van der Waals surface area contributed by atoms with Crippen LogP contribution in [0.25, 0.3) is 0 Å². The maximum absolute atomic E-state index is 3.50. The lowest BCUT2D eigenvalue weighted by Crippen LogP contribution is -2.17. The van der Waals surface area contributed by atoms with Gasteiger partial charge in [0.25, 0.3) is 0 Å². The quantitative estimate of drug-likeness (QED) is 0.845. The van der Waals surface area contributed by atoms with E-state index in [1.54, 1.807) is 0 Å². The van der Waals surface area contributed by atoms with E-state index in [1.807, 2.05) is 0 Å². The Bertz CT molecular complexity index is 559. The third-order valence-electron chi connectivity index (χ3n) is 4.23. The van der Waals surface area contributed by atoms with Gasteiger partial charge in [0.05, 0.1) is 0 Å². The molecule has 1 nitrogen and oxygen atoms in total. The Hall–Kier alpha value is -1.76. The van der Waals surface area contributed by atoms with Gasteiger partial charge in [0.2, 0.25) is 0 Å². The number of hydrogen-bond acceptors (Lipinski definition) is 1. The van der Waals surface area contributed by atoms with Crippen molar-refractivity contribution in [2.24, 2.45) is 0 Å². The van der Waals surface area contributed by atoms with Crippen LogP contribution in [0.2, 0.25) is 0 Å². The number of hydrogen-bond donors (Lipinski definition) is 1. The van der Waals surface area contributed by atoms with E-state index in [0.29, 0.717) is 5.92 Å². The van der Waals surface area contributed by atoms with E-state index in [4.69, 9.17) is 0 Å². The van der Waals surface area contributed by atoms with Crippen molar-refractivity contribution in [3.8, 4) is 0 Å². The van der Waals surface area contributed by atoms with Crippen molar-refractivity contribution in [2.45, 2.75) is 32.1 Å². The summed E-state index contributed by atoms with van der Waals surface area (Å²) in [5.74, 6) is 0.706. The van der Waals surface area contributed by atoms with Gasteiger partial charge in [0.1, 0.15) is 0 Å². The van der Waals surface area contributed by atoms with Crippen LogP contribution in [0.4, 0.5) is 5.69 Å². The number of rotatable bonds is 3. The Kier molecular flexibility index (Phi) is 3.54. The van der Waals surface area contributed by atoms with Gasteiger partial charge >= 0.3 is 0 Å². The zero-order valence-corrected chi connectivity index (χ0v) is 11.5. The summed E-state index contributed by atoms with van der Waals surface area (Å²) in [7, 11) is 0. The number of benzene rings is 2. The highest BCUT2D eigenvalue weighted by Crippen LogP contribution is 2.34. The van der Waals surface area contributed by atoms with Crippen molar-refractivity contribution in [1.82, 2.24) is 0 Å². The van der Waals surface area contributed by atoms with Crippen molar-refractivity contribution in [2.75, 3.05) is 11.9 Å². The first-order valence-corrected chi connectivity index (χ1v) is 7.22. The molecule has 2 aromatic carbocycles. The monoisotopic (exact) mass is 251 g/mol. The highest BCUT2D eigenvalue weighted by Gasteiger charge is 2.19. The van der Waals surface area contributed by atoms with Gasteiger partial charge in [-0.1, -0.05) is 42.5 Å². The fourth-order valence-corrected chi connectivity index (χ4v) is 3.07. The summed E-state index contributed by atoms with van der Waals surface area (Å²) in [6.45, 7) is 3.32. The van der Waals surface area contributed by atoms with Crippen molar-refractivity contribution < 1.29 is 0 Å². The Morgan fingerprint density at radius 2 is 1.84 bits per heavy atom. The molecule has 2 aromatic rings. The van der Waals surface area contributed by atoms with Gasteiger partial charge in [-0.3, -0.25) is 0 Å². The van der Waals surface area contributed by atoms with Crippen molar-refractivity contribution >= 4 is 5.69 Å². The predicted octanol–water partition coefficient (Wildman–Crippen LogP) is 4.53. The highest BCUT2D eigenvalue weighted by atomic mass is 14.9. The minimum atomic E-state index is 0.706. The summed E-state index contributed by atoms with van der Waals surface area (Å²) >= 11 is 0. The van der Waals surface area contributed by atoms with Crippen LogP contribution in [0, 0.1) is 6.92 Å². The summed E-state index contributed by atoms with van der Waals surface area (Å²) in [6, 6.07) is 17.5. The van der Waals surface area contributed by atoms with Crippen LogP contribution < -0.4 is 5.32 Å². The molecular formula is C18H21N. The van der Waals surface area contributed by atoms with E-state index in [2.05, 4.69) is 60.8 Å². The van der Waals surface area contributed by atoms with Gasteiger partial charge in [-0.2, -0.15) is 0 Å². The largest absolute Gasteiger partial charge is 0.385 e. The van der Waals surface area contributed by atoms with Crippen LogP contribution >= 0.6 is 0 Å². The molecular weight excluding hydrogens is 230 g/mol. The molecule has 19 heavy (non-hydrogen) atoms. The zero-order valence-electron chi connectivity index (χ0n) is 11.5. The predicted molar refractivity (Wildman–Crippen MR) is 81.8 cm³/mol. The summed E-state index contributed by atoms with van der Waals surface area (Å²) in [5, 5.41) is 3.50. The Morgan fingerprint density at radius 3 is 2.74 bits per heavy atom. The molecule has 98 valence electrons. The Labute approximate surface area is 115 Å². The highest BCUT2D eigenvalue weighted by molar-refractivity contribution is 5.54. The van der Waals surface area contributed by atoms with Gasteiger partial charge in [-0.15, -0.1) is 0 Å². The molecule has 1 N–H and O–H groups in total. The first-order chi connectivity index (χ1) is 9.34. The topological polar surface area (TPSA) is 12.0 Å². The smallest absolute Gasteiger partial charge is 0.0375 e. The molecule has 1 unspecified atom stereocenters. The minimum absolute atomic E-state index is 0.706. The molecule has 1 aliphatic heterocycles. The lowest BCUT2D eigenvalue weighted by Gasteiger charge is -2.26. The molecule has 1 heteroatoms. The van der Waals surface area contributed by atoms with E-state index in [0.717, 1.165) is 6.54 Å². The minimum Gasteiger partial charge on any atom is -0.385 e. The van der Waals surface area contributed by atoms with Crippen molar-refractivity contribution in [3.63, 3.8) is 0 Å². The molecule has 3 rings (SSSR count). The van der Waals surface area contributed by atoms with Crippen molar-refractivity contribution in [1.29, 1.82) is 0 Å². The maximum Gasteiger partial charge on any atom is 0.0375 e. The average Bonchev–Trinajstić information content (AvgIpc) is 2.46. The van der Waals surface area contributed by atoms with Crippen LogP contribution in [0.5, 0.6) is 0 Å². The van der Waals surface area contributed by atoms with E-state index in [1.165, 1.54) is 41.6 Å². The summed E-state index contributed by atoms with van der Waals surface area (Å²) < 4.78 is 0. The van der Waals surface area contributed by atoms with E-state index in [9.17, 15) is 0 Å². The van der Waals surface area contributed by atoms with E-state index >= 15 is 0 Å². The third kappa shape index (κ3) is 2.65. The van der Waals surface area contributed by atoms with Gasteiger partial charge in [0, 0.05) is 12.2 Å². The number of nitrogens with one attached hydrogen (secondary N) is 1. The van der Waals surface area contributed by atoms with Gasteiger partial charge in [-0.25, -0.2) is 0 Å². The lowest BCUT2D eigenvalue weighted by molar-refractivity contribution is 0.578. The molecule has 0 saturated heterocycles. The molecule has 0 amide bonds. The molecule has 1 atom stereocenters. The molecule has 0 saturated carbocycles. The summed E-state index contributed by atoms with van der Waals surface area (Å²) in [6.07, 6.45) is 3.69. The normalized spacial score (nSPS) is 17.6. The second-order valence-electron chi connectivity index (χ2n) is 5.46. The zero-order chi connectivity index (χ0) is 13.1. The molecule has 0 bridgehead atoms. The summed E-state index contributed by atoms with van der Waals surface area (Å²) in [5.41, 5.74) is 5.76. The molecule has 1 aliphatic rings. The first kappa shape index (κ1) is 12.3. The molecule has 0 radical (unpaired) electrons. The third-order valence-corrected chi connectivity index (χ3v) is 4.23. The molecule has 1 heterocycles. The fourth-order valence-electron chi connectivity index (χ4n) is 3.07. The molecule has 0 spiro atoms. The molecule has 0 aromatic heterocycles. The number of fused-ring (bicyclic) bond motifs is 1. The van der Waals surface area contributed by atoms with Crippen LogP contribution in [0.1, 0.15) is 35.4 Å². The number of anilines is 1. The Morgan fingerprint density at radius 1 is 1.05 bits per heavy atom. The van der Waals surface area contributed by atoms with E-state index < -0.39 is 0 Å². The van der Waals surface area contributed by atoms with E-state index in [-0.39, 0.29) is 0 Å². The SMILES string of the molecule is Cc1ccccc1CCC1CCNc2ccccc21. The molecule has 0 aliphatic carbocycles. The Balaban J connectivity index is 1.73. The number of para-hydroxylation sites is 1. The van der Waals surface area contributed by atoms with Gasteiger partial charge in [-0.05, 0) is 54.9 Å². The number of aryl methyl sites for hydroxylation is 2. The van der Waals surface area contributed by atoms with Crippen LogP contribution in [-0.4, -0.2) is 6.54 Å². The second-order valence-corrected chi connectivity index (χ2v) is 5.46.